The van der Waals surface area contributed by atoms with Crippen LogP contribution < -0.4 is 10.6 Å². The van der Waals surface area contributed by atoms with Crippen molar-refractivity contribution < 1.29 is 23.7 Å². The Morgan fingerprint density at radius 1 is 0.325 bits per heavy atom. The molecule has 14 aliphatic rings. The van der Waals surface area contributed by atoms with Gasteiger partial charge in [-0.2, -0.15) is 0 Å². The normalized spacial score (nSPS) is 27.1. The van der Waals surface area contributed by atoms with E-state index in [0.717, 1.165) is 210 Å². The highest BCUT2D eigenvalue weighted by Crippen LogP contribution is 2.29. The van der Waals surface area contributed by atoms with E-state index in [1.807, 2.05) is 0 Å². The van der Waals surface area contributed by atoms with Gasteiger partial charge in [0.1, 0.15) is 0 Å². The van der Waals surface area contributed by atoms with Crippen molar-refractivity contribution in [2.45, 2.75) is 327 Å². The summed E-state index contributed by atoms with van der Waals surface area (Å²) in [6.07, 6.45) is 16.6. The second-order valence-electron chi connectivity index (χ2n) is 44.2. The highest BCUT2D eigenvalue weighted by atomic mass is 16.5. The lowest BCUT2D eigenvalue weighted by Gasteiger charge is -2.44. The molecule has 17 nitrogen and oxygen atoms in total. The number of morpholine rings is 2. The van der Waals surface area contributed by atoms with Crippen LogP contribution in [-0.2, 0) is 23.7 Å². The Balaban J connectivity index is 0.000000647. The number of ether oxygens (including phenoxy) is 5. The maximum absolute atomic E-state index is 6.63. The van der Waals surface area contributed by atoms with E-state index >= 15 is 0 Å². The largest absolute Gasteiger partial charge is 0.381 e. The highest BCUT2D eigenvalue weighted by molar-refractivity contribution is 4.87. The second kappa shape index (κ2) is 66.2. The Morgan fingerprint density at radius 2 is 0.783 bits per heavy atom. The third-order valence-corrected chi connectivity index (χ3v) is 28.3. The molecule has 9 unspecified atom stereocenters. The Hall–Kier alpha value is -1.15. The lowest BCUT2D eigenvalue weighted by atomic mass is 9.87. The SMILES string of the molecule is CC(C)C1CCCN1C.CC(C)C1CCCO1.CC(C)C1CCN(C)C1.CC(C)C1CCN1.CC(C)C1CCN1C.CC(C)C1CCO1.CC(C)C1CCOC1.CC(C)C1CN(C(C)C)C1.CC(C)C1CN(C)C1.CC(C)C1CN(C)CCO1.CC(C)C1CNC1.CC(C)C1COCCN1C.CC(C)CN1CCCC1.[C-]#[N+]CN1CC(C(C)C)C1. The zero-order valence-electron chi connectivity index (χ0n) is 87.0. The van der Waals surface area contributed by atoms with Gasteiger partial charge in [-0.1, -0.05) is 194 Å². The Morgan fingerprint density at radius 3 is 1.02 bits per heavy atom. The highest BCUT2D eigenvalue weighted by Gasteiger charge is 2.33. The van der Waals surface area contributed by atoms with E-state index < -0.39 is 0 Å². The number of nitrogens with one attached hydrogen (secondary N) is 2. The molecule has 0 bridgehead atoms. The van der Waals surface area contributed by atoms with Gasteiger partial charge in [-0.05, 0) is 297 Å². The third-order valence-electron chi connectivity index (χ3n) is 28.3. The first-order valence-corrected chi connectivity index (χ1v) is 50.5. The molecule has 0 spiro atoms. The van der Waals surface area contributed by atoms with E-state index in [1.54, 1.807) is 0 Å². The van der Waals surface area contributed by atoms with Crippen molar-refractivity contribution in [3.63, 3.8) is 0 Å². The summed E-state index contributed by atoms with van der Waals surface area (Å²) in [6.45, 7) is 106. The van der Waals surface area contributed by atoms with Crippen LogP contribution in [0, 0.1) is 125 Å². The summed E-state index contributed by atoms with van der Waals surface area (Å²) in [5.74, 6) is 17.0. The predicted molar refractivity (Wildman–Crippen MR) is 523 cm³/mol. The van der Waals surface area contributed by atoms with Crippen LogP contribution in [0.2, 0.25) is 0 Å². The zero-order chi connectivity index (χ0) is 90.9. The molecule has 14 rings (SSSR count). The summed E-state index contributed by atoms with van der Waals surface area (Å²) in [5.41, 5.74) is 0. The van der Waals surface area contributed by atoms with E-state index in [1.165, 1.54) is 162 Å². The summed E-state index contributed by atoms with van der Waals surface area (Å²) in [6, 6.07) is 3.98. The van der Waals surface area contributed by atoms with Gasteiger partial charge in [-0.3, -0.25) is 9.74 Å². The minimum absolute atomic E-state index is 0.457. The van der Waals surface area contributed by atoms with E-state index in [-0.39, 0.29) is 0 Å². The zero-order valence-corrected chi connectivity index (χ0v) is 87.0. The number of likely N-dealkylation sites (tertiary alicyclic amines) is 7. The summed E-state index contributed by atoms with van der Waals surface area (Å²) in [4.78, 5) is 25.0. The van der Waals surface area contributed by atoms with Crippen molar-refractivity contribution in [2.75, 3.05) is 220 Å². The second-order valence-corrected chi connectivity index (χ2v) is 44.2. The van der Waals surface area contributed by atoms with Gasteiger partial charge >= 0.3 is 0 Å². The molecule has 17 heteroatoms. The molecule has 2 N–H and O–H groups in total. The molecule has 9 atom stereocenters. The van der Waals surface area contributed by atoms with Gasteiger partial charge < -0.3 is 68.6 Å². The number of likely N-dealkylation sites (N-methyl/N-ethyl adjacent to an activating group) is 2. The average Bonchev–Trinajstić information content (AvgIpc) is 0.948. The number of nitrogens with zero attached hydrogens (tertiary/aromatic N) is 10. The Bertz CT molecular complexity index is 2290. The first-order chi connectivity index (χ1) is 56.4. The molecule has 0 aliphatic carbocycles. The van der Waals surface area contributed by atoms with Gasteiger partial charge in [0.2, 0.25) is 0 Å². The van der Waals surface area contributed by atoms with E-state index in [0.29, 0.717) is 42.9 Å². The minimum Gasteiger partial charge on any atom is -0.381 e. The molecular formula is C103H214N12O5. The average molecular weight is 1700 g/mol. The maximum Gasteiger partial charge on any atom is 0.270 e. The molecular weight excluding hydrogens is 1490 g/mol. The predicted octanol–water partition coefficient (Wildman–Crippen LogP) is 19.8. The van der Waals surface area contributed by atoms with Gasteiger partial charge in [-0.25, -0.2) is 11.5 Å². The monoisotopic (exact) mass is 1700 g/mol. The molecule has 0 radical (unpaired) electrons. The molecule has 14 fully saturated rings. The van der Waals surface area contributed by atoms with E-state index in [4.69, 9.17) is 30.3 Å². The molecule has 716 valence electrons. The topological polar surface area (TPSA) is 104 Å². The maximum atomic E-state index is 6.63. The number of hydrogen-bond acceptors (Lipinski definition) is 16. The third kappa shape index (κ3) is 51.9. The molecule has 14 heterocycles. The standard InChI is InChI=1S/C9H19N.C8H14N2.2C8H17NO.3C8H17N.2C7H15N.2C7H14O.2C6H13N.C6H12O/c1-7(2)9-5-10(6-9)8(3)4;1-7(2)8-4-10(5-8)6-9-3;1-7(2)8-6-10-5-4-9(8)3;1-7(2)8-6-9(3)4-5-10-8;1-7(2)8-4-5-9(3)6-8;1-7(2)8-5-4-6-9(8)3;1-8(2)7-9-5-3-4-6-9;1-6(2)7-4-8(3)5-7;1-6(2)7-4-5-8(7)3;1-6(2)7-3-4-8-5-7;1-6(2)7-4-3-5-8-7;1-5(2)6-3-7-4-6;2*1-5(2)6-3-4-7-6/h7-9H,5-6H2,1-4H3;7-8H,4-6H2,1-2H3;2*7-8H,4-6H2,1-3H3;2*7-8H,4-6H2,1-3H3;8H,3-7H2,1-2H3;2*6-7H,4-5H2,1-3H3;2*6-7H,3-5H2,1-2H3;2*5-7H,3-4H2,1-2H3;5-6H,3-4H2,1-2H3. The van der Waals surface area contributed by atoms with Gasteiger partial charge in [0, 0.05) is 129 Å². The van der Waals surface area contributed by atoms with Crippen molar-refractivity contribution in [1.82, 2.24) is 54.7 Å². The molecule has 14 saturated heterocycles. The van der Waals surface area contributed by atoms with E-state index in [2.05, 4.69) is 310 Å². The van der Waals surface area contributed by atoms with Crippen molar-refractivity contribution >= 4 is 0 Å². The molecule has 120 heavy (non-hydrogen) atoms. The fraction of sp³-hybridized carbons (Fsp3) is 0.990. The van der Waals surface area contributed by atoms with Crippen LogP contribution in [0.5, 0.6) is 0 Å². The van der Waals surface area contributed by atoms with Gasteiger partial charge in [-0.15, -0.1) is 0 Å². The Kier molecular flexibility index (Phi) is 64.5. The smallest absolute Gasteiger partial charge is 0.270 e. The molecule has 14 aliphatic heterocycles. The summed E-state index contributed by atoms with van der Waals surface area (Å²) < 4.78 is 26.8. The van der Waals surface area contributed by atoms with Crippen LogP contribution in [0.25, 0.3) is 4.85 Å². The van der Waals surface area contributed by atoms with Crippen molar-refractivity contribution in [2.24, 2.45) is 118 Å². The molecule has 0 aromatic rings. The summed E-state index contributed by atoms with van der Waals surface area (Å²) >= 11 is 0. The minimum atomic E-state index is 0.457. The van der Waals surface area contributed by atoms with Gasteiger partial charge in [0.15, 0.2) is 0 Å². The number of hydrogen-bond donors (Lipinski definition) is 2. The van der Waals surface area contributed by atoms with Crippen LogP contribution in [0.15, 0.2) is 0 Å². The summed E-state index contributed by atoms with van der Waals surface area (Å²) in [5, 5.41) is 6.59. The quantitative estimate of drug-likeness (QED) is 0.135. The molecule has 0 amide bonds. The number of rotatable bonds is 17. The Labute approximate surface area is 750 Å². The summed E-state index contributed by atoms with van der Waals surface area (Å²) in [7, 11) is 13.2. The molecule has 0 aromatic carbocycles. The first kappa shape index (κ1) is 117. The molecule has 0 aromatic heterocycles. The van der Waals surface area contributed by atoms with Crippen LogP contribution >= 0.6 is 0 Å². The first-order valence-electron chi connectivity index (χ1n) is 50.5. The van der Waals surface area contributed by atoms with Crippen molar-refractivity contribution in [3.05, 3.63) is 11.4 Å². The van der Waals surface area contributed by atoms with Gasteiger partial charge in [0.25, 0.3) is 6.67 Å². The van der Waals surface area contributed by atoms with Crippen LogP contribution in [0.1, 0.15) is 278 Å². The lowest BCUT2D eigenvalue weighted by molar-refractivity contribution is -0.0763. The van der Waals surface area contributed by atoms with Crippen LogP contribution in [0.4, 0.5) is 0 Å². The van der Waals surface area contributed by atoms with Crippen LogP contribution in [-0.4, -0.2) is 312 Å². The fourth-order valence-electron chi connectivity index (χ4n) is 17.2. The lowest BCUT2D eigenvalue weighted by Crippen LogP contribution is -2.51. The molecule has 0 saturated carbocycles. The van der Waals surface area contributed by atoms with Crippen molar-refractivity contribution in [3.8, 4) is 0 Å². The van der Waals surface area contributed by atoms with Crippen molar-refractivity contribution in [1.29, 1.82) is 0 Å². The fourth-order valence-corrected chi connectivity index (χ4v) is 17.2. The van der Waals surface area contributed by atoms with Crippen LogP contribution in [0.3, 0.4) is 0 Å². The van der Waals surface area contributed by atoms with E-state index in [9.17, 15) is 0 Å². The van der Waals surface area contributed by atoms with Gasteiger partial charge in [0.05, 0.1) is 38.1 Å².